The average molecular weight is 430 g/mol. The molecule has 0 bridgehead atoms. The third kappa shape index (κ3) is 3.52. The molecule has 2 N–H and O–H groups in total. The number of hydrogen-bond acceptors (Lipinski definition) is 3. The van der Waals surface area contributed by atoms with Crippen LogP contribution in [0, 0.1) is 0 Å². The van der Waals surface area contributed by atoms with Gasteiger partial charge in [0.2, 0.25) is 0 Å². The largest absolute Gasteiger partial charge is 0.448 e. The summed E-state index contributed by atoms with van der Waals surface area (Å²) in [6.45, 7) is 1.65. The number of carbonyl (C=O) groups is 1. The maximum absolute atomic E-state index is 12.7. The Morgan fingerprint density at radius 3 is 3.04 bits per heavy atom. The molecule has 27 heavy (non-hydrogen) atoms. The first-order chi connectivity index (χ1) is 13.2. The van der Waals surface area contributed by atoms with Crippen LogP contribution in [-0.2, 0) is 17.7 Å². The number of para-hydroxylation sites is 1. The van der Waals surface area contributed by atoms with Gasteiger partial charge >= 0.3 is 0 Å². The number of nitrogens with zero attached hydrogens (tertiary/aromatic N) is 1. The van der Waals surface area contributed by atoms with Crippen LogP contribution in [0.1, 0.15) is 16.1 Å². The van der Waals surface area contributed by atoms with Crippen LogP contribution in [0.5, 0.6) is 0 Å². The van der Waals surface area contributed by atoms with Gasteiger partial charge in [-0.15, -0.1) is 0 Å². The molecule has 0 fully saturated rings. The van der Waals surface area contributed by atoms with Gasteiger partial charge in [-0.3, -0.25) is 4.79 Å². The van der Waals surface area contributed by atoms with E-state index in [-0.39, 0.29) is 5.91 Å². The number of aromatic amines is 1. The number of halogens is 1. The van der Waals surface area contributed by atoms with E-state index in [1.807, 2.05) is 35.0 Å². The Hall–Kier alpha value is -2.51. The SMILES string of the molecule is COCCn1c(C(=O)NCCc2c[nH]c3ccccc23)cc2oc(Br)cc21. The summed E-state index contributed by atoms with van der Waals surface area (Å²) in [5.41, 5.74) is 4.43. The molecule has 0 unspecified atom stereocenters. The molecule has 6 nitrogen and oxygen atoms in total. The van der Waals surface area contributed by atoms with Crippen molar-refractivity contribution in [3.8, 4) is 0 Å². The van der Waals surface area contributed by atoms with Gasteiger partial charge in [-0.25, -0.2) is 0 Å². The minimum absolute atomic E-state index is 0.117. The number of nitrogens with one attached hydrogen (secondary N) is 2. The molecular weight excluding hydrogens is 410 g/mol. The van der Waals surface area contributed by atoms with Crippen LogP contribution >= 0.6 is 15.9 Å². The number of furan rings is 1. The van der Waals surface area contributed by atoms with Crippen molar-refractivity contribution < 1.29 is 13.9 Å². The van der Waals surface area contributed by atoms with Crippen molar-refractivity contribution in [2.24, 2.45) is 0 Å². The Balaban J connectivity index is 1.48. The number of methoxy groups -OCH3 is 1. The van der Waals surface area contributed by atoms with Crippen molar-refractivity contribution in [3.63, 3.8) is 0 Å². The van der Waals surface area contributed by atoms with Crippen LogP contribution in [0.3, 0.4) is 0 Å². The lowest BCUT2D eigenvalue weighted by Crippen LogP contribution is -2.28. The van der Waals surface area contributed by atoms with E-state index >= 15 is 0 Å². The second kappa shape index (κ2) is 7.62. The molecule has 4 rings (SSSR count). The molecule has 7 heteroatoms. The van der Waals surface area contributed by atoms with Gasteiger partial charge < -0.3 is 24.0 Å². The van der Waals surface area contributed by atoms with E-state index in [1.165, 1.54) is 10.9 Å². The van der Waals surface area contributed by atoms with Crippen LogP contribution < -0.4 is 5.32 Å². The molecular formula is C20H20BrN3O3. The lowest BCUT2D eigenvalue weighted by molar-refractivity contribution is 0.0942. The summed E-state index contributed by atoms with van der Waals surface area (Å²) in [5, 5.41) is 4.21. The van der Waals surface area contributed by atoms with Crippen LogP contribution in [0.25, 0.3) is 22.0 Å². The van der Waals surface area contributed by atoms with Crippen LogP contribution in [0.4, 0.5) is 0 Å². The highest BCUT2D eigenvalue weighted by Gasteiger charge is 2.18. The molecule has 0 aliphatic rings. The maximum atomic E-state index is 12.7. The Bertz CT molecular complexity index is 1090. The van der Waals surface area contributed by atoms with E-state index < -0.39 is 0 Å². The molecule has 0 saturated carbocycles. The fraction of sp³-hybridized carbons (Fsp3) is 0.250. The number of hydrogen-bond donors (Lipinski definition) is 2. The number of H-pyrrole nitrogens is 1. The normalized spacial score (nSPS) is 11.5. The molecule has 0 radical (unpaired) electrons. The van der Waals surface area contributed by atoms with Gasteiger partial charge in [-0.1, -0.05) is 18.2 Å². The first-order valence-electron chi connectivity index (χ1n) is 8.78. The highest BCUT2D eigenvalue weighted by Crippen LogP contribution is 2.27. The van der Waals surface area contributed by atoms with Crippen molar-refractivity contribution in [3.05, 3.63) is 58.5 Å². The number of rotatable bonds is 7. The predicted octanol–water partition coefficient (Wildman–Crippen LogP) is 4.10. The highest BCUT2D eigenvalue weighted by atomic mass is 79.9. The Labute approximate surface area is 164 Å². The van der Waals surface area contributed by atoms with E-state index in [4.69, 9.17) is 9.15 Å². The number of aromatic nitrogens is 2. The van der Waals surface area contributed by atoms with Crippen molar-refractivity contribution >= 4 is 43.8 Å². The van der Waals surface area contributed by atoms with Gasteiger partial charge in [0.15, 0.2) is 10.3 Å². The van der Waals surface area contributed by atoms with Crippen molar-refractivity contribution in [1.29, 1.82) is 0 Å². The third-order valence-corrected chi connectivity index (χ3v) is 5.06. The van der Waals surface area contributed by atoms with Crippen molar-refractivity contribution in [1.82, 2.24) is 14.9 Å². The number of ether oxygens (including phenoxy) is 1. The van der Waals surface area contributed by atoms with E-state index in [0.29, 0.717) is 35.6 Å². The summed E-state index contributed by atoms with van der Waals surface area (Å²) in [4.78, 5) is 16.0. The first-order valence-corrected chi connectivity index (χ1v) is 9.57. The predicted molar refractivity (Wildman–Crippen MR) is 108 cm³/mol. The van der Waals surface area contributed by atoms with Crippen LogP contribution in [0.15, 0.2) is 51.7 Å². The molecule has 0 saturated heterocycles. The summed E-state index contributed by atoms with van der Waals surface area (Å²) in [7, 11) is 1.65. The molecule has 0 aliphatic carbocycles. The Kier molecular flexibility index (Phi) is 5.05. The number of amides is 1. The quantitative estimate of drug-likeness (QED) is 0.464. The molecule has 1 amide bonds. The molecule has 0 atom stereocenters. The molecule has 0 aliphatic heterocycles. The van der Waals surface area contributed by atoms with Crippen LogP contribution in [-0.4, -0.2) is 35.7 Å². The summed E-state index contributed by atoms with van der Waals surface area (Å²) in [6, 6.07) is 11.8. The topological polar surface area (TPSA) is 72.2 Å². The molecule has 4 aromatic rings. The smallest absolute Gasteiger partial charge is 0.268 e. The van der Waals surface area contributed by atoms with Gasteiger partial charge in [0, 0.05) is 49.4 Å². The molecule has 3 heterocycles. The summed E-state index contributed by atoms with van der Waals surface area (Å²) in [6.07, 6.45) is 2.76. The average Bonchev–Trinajstić information content (AvgIpc) is 3.33. The van der Waals surface area contributed by atoms with Gasteiger partial charge in [0.05, 0.1) is 12.1 Å². The van der Waals surface area contributed by atoms with Gasteiger partial charge in [0.1, 0.15) is 5.69 Å². The van der Waals surface area contributed by atoms with E-state index in [2.05, 4.69) is 32.3 Å². The minimum atomic E-state index is -0.117. The van der Waals surface area contributed by atoms with Gasteiger partial charge in [0.25, 0.3) is 5.91 Å². The van der Waals surface area contributed by atoms with E-state index in [9.17, 15) is 4.79 Å². The highest BCUT2D eigenvalue weighted by molar-refractivity contribution is 9.10. The van der Waals surface area contributed by atoms with E-state index in [1.54, 1.807) is 13.2 Å². The zero-order valence-corrected chi connectivity index (χ0v) is 16.5. The monoisotopic (exact) mass is 429 g/mol. The molecule has 3 aromatic heterocycles. The van der Waals surface area contributed by atoms with Crippen molar-refractivity contribution in [2.75, 3.05) is 20.3 Å². The fourth-order valence-corrected chi connectivity index (χ4v) is 3.75. The molecule has 1 aromatic carbocycles. The lowest BCUT2D eigenvalue weighted by Gasteiger charge is -2.10. The first kappa shape index (κ1) is 17.9. The third-order valence-electron chi connectivity index (χ3n) is 4.67. The minimum Gasteiger partial charge on any atom is -0.448 e. The summed E-state index contributed by atoms with van der Waals surface area (Å²) >= 11 is 3.34. The van der Waals surface area contributed by atoms with Gasteiger partial charge in [-0.2, -0.15) is 0 Å². The summed E-state index contributed by atoms with van der Waals surface area (Å²) < 4.78 is 13.3. The standard InChI is InChI=1S/C20H20BrN3O3/c1-26-9-8-24-16-11-19(21)27-18(16)10-17(24)20(25)22-7-6-13-12-23-15-5-3-2-4-14(13)15/h2-5,10-12,23H,6-9H2,1H3,(H,22,25). The maximum Gasteiger partial charge on any atom is 0.268 e. The Morgan fingerprint density at radius 2 is 2.19 bits per heavy atom. The van der Waals surface area contributed by atoms with Crippen LogP contribution in [0.2, 0.25) is 0 Å². The lowest BCUT2D eigenvalue weighted by atomic mass is 10.1. The van der Waals surface area contributed by atoms with Crippen molar-refractivity contribution in [2.45, 2.75) is 13.0 Å². The molecule has 0 spiro atoms. The Morgan fingerprint density at radius 1 is 1.33 bits per heavy atom. The number of fused-ring (bicyclic) bond motifs is 2. The number of carbonyl (C=O) groups excluding carboxylic acids is 1. The zero-order valence-electron chi connectivity index (χ0n) is 14.9. The summed E-state index contributed by atoms with van der Waals surface area (Å²) in [5.74, 6) is -0.117. The fourth-order valence-electron chi connectivity index (χ4n) is 3.36. The number of benzene rings is 1. The molecule has 140 valence electrons. The zero-order chi connectivity index (χ0) is 18.8. The van der Waals surface area contributed by atoms with E-state index in [0.717, 1.165) is 17.5 Å². The van der Waals surface area contributed by atoms with Gasteiger partial charge in [-0.05, 0) is 34.0 Å². The second-order valence-corrected chi connectivity index (χ2v) is 7.12. The second-order valence-electron chi connectivity index (χ2n) is 6.34.